The van der Waals surface area contributed by atoms with E-state index in [2.05, 4.69) is 19.2 Å². The second kappa shape index (κ2) is 4.00. The van der Waals surface area contributed by atoms with Crippen molar-refractivity contribution in [3.63, 3.8) is 0 Å². The molecule has 0 spiro atoms. The molecule has 2 saturated carbocycles. The van der Waals surface area contributed by atoms with E-state index in [-0.39, 0.29) is 11.3 Å². The monoisotopic (exact) mass is 239 g/mol. The molecule has 0 radical (unpaired) electrons. The van der Waals surface area contributed by atoms with Crippen molar-refractivity contribution in [2.45, 2.75) is 46.0 Å². The highest BCUT2D eigenvalue weighted by atomic mass is 16.4. The van der Waals surface area contributed by atoms with Crippen LogP contribution in [0.3, 0.4) is 0 Å². The third kappa shape index (κ3) is 2.45. The van der Waals surface area contributed by atoms with Crippen LogP contribution in [-0.2, 0) is 9.59 Å². The van der Waals surface area contributed by atoms with Crippen molar-refractivity contribution in [3.8, 4) is 0 Å². The van der Waals surface area contributed by atoms with Crippen LogP contribution >= 0.6 is 0 Å². The molecule has 0 aromatic carbocycles. The van der Waals surface area contributed by atoms with Crippen molar-refractivity contribution in [3.05, 3.63) is 0 Å². The zero-order valence-electron chi connectivity index (χ0n) is 10.6. The van der Waals surface area contributed by atoms with Crippen LogP contribution in [0.25, 0.3) is 0 Å². The Morgan fingerprint density at radius 3 is 2.18 bits per heavy atom. The first-order valence-electron chi connectivity index (χ1n) is 6.42. The fourth-order valence-corrected chi connectivity index (χ4v) is 2.60. The van der Waals surface area contributed by atoms with E-state index in [9.17, 15) is 9.59 Å². The largest absolute Gasteiger partial charge is 0.480 e. The summed E-state index contributed by atoms with van der Waals surface area (Å²) in [5, 5.41) is 11.9. The van der Waals surface area contributed by atoms with Crippen LogP contribution in [0.15, 0.2) is 0 Å². The molecule has 17 heavy (non-hydrogen) atoms. The number of carbonyl (C=O) groups excluding carboxylic acids is 1. The van der Waals surface area contributed by atoms with E-state index in [0.717, 1.165) is 19.3 Å². The minimum atomic E-state index is -1.09. The molecule has 2 rings (SSSR count). The van der Waals surface area contributed by atoms with Gasteiger partial charge >= 0.3 is 5.97 Å². The first-order valence-corrected chi connectivity index (χ1v) is 6.42. The number of hydrogen-bond acceptors (Lipinski definition) is 2. The summed E-state index contributed by atoms with van der Waals surface area (Å²) in [6, 6.07) is 0. The summed E-state index contributed by atoms with van der Waals surface area (Å²) in [5.74, 6) is -0.618. The van der Waals surface area contributed by atoms with Crippen LogP contribution < -0.4 is 5.32 Å². The van der Waals surface area contributed by atoms with Crippen LogP contribution in [0.2, 0.25) is 0 Å². The molecule has 2 fully saturated rings. The predicted molar refractivity (Wildman–Crippen MR) is 63.4 cm³/mol. The van der Waals surface area contributed by atoms with E-state index < -0.39 is 11.4 Å². The average molecular weight is 239 g/mol. The normalized spacial score (nSPS) is 23.2. The third-order valence-corrected chi connectivity index (χ3v) is 4.02. The van der Waals surface area contributed by atoms with Crippen molar-refractivity contribution in [2.24, 2.45) is 16.7 Å². The van der Waals surface area contributed by atoms with Gasteiger partial charge in [-0.15, -0.1) is 0 Å². The molecule has 0 unspecified atom stereocenters. The predicted octanol–water partition coefficient (Wildman–Crippen LogP) is 1.79. The van der Waals surface area contributed by atoms with E-state index in [0.29, 0.717) is 25.3 Å². The van der Waals surface area contributed by atoms with Gasteiger partial charge in [0.2, 0.25) is 5.91 Å². The maximum Gasteiger partial charge on any atom is 0.319 e. The second-order valence-electron chi connectivity index (χ2n) is 6.17. The average Bonchev–Trinajstić information content (AvgIpc) is 3.09. The molecule has 0 bridgehead atoms. The number of rotatable bonds is 6. The van der Waals surface area contributed by atoms with E-state index >= 15 is 0 Å². The first-order chi connectivity index (χ1) is 7.90. The molecular weight excluding hydrogens is 218 g/mol. The summed E-state index contributed by atoms with van der Waals surface area (Å²) in [5.41, 5.74) is -0.827. The Hall–Kier alpha value is -1.06. The lowest BCUT2D eigenvalue weighted by molar-refractivity contribution is -0.149. The van der Waals surface area contributed by atoms with Gasteiger partial charge in [-0.1, -0.05) is 13.8 Å². The van der Waals surface area contributed by atoms with Crippen LogP contribution in [0.1, 0.15) is 46.0 Å². The highest BCUT2D eigenvalue weighted by molar-refractivity contribution is 6.04. The van der Waals surface area contributed by atoms with Gasteiger partial charge in [0, 0.05) is 6.54 Å². The molecule has 4 heteroatoms. The topological polar surface area (TPSA) is 66.4 Å². The fraction of sp³-hybridized carbons (Fsp3) is 0.846. The lowest BCUT2D eigenvalue weighted by Crippen LogP contribution is -2.40. The standard InChI is InChI=1S/C13H21NO3/c1-9(2)7-12(3-4-12)8-14-10(15)13(5-6-13)11(16)17/h9H,3-8H2,1-2H3,(H,14,15)(H,16,17). The van der Waals surface area contributed by atoms with E-state index in [1.54, 1.807) is 0 Å². The van der Waals surface area contributed by atoms with Gasteiger partial charge in [0.1, 0.15) is 5.41 Å². The Morgan fingerprint density at radius 2 is 1.82 bits per heavy atom. The van der Waals surface area contributed by atoms with Gasteiger partial charge in [-0.2, -0.15) is 0 Å². The summed E-state index contributed by atoms with van der Waals surface area (Å²) < 4.78 is 0. The van der Waals surface area contributed by atoms with Gasteiger partial charge in [-0.3, -0.25) is 9.59 Å². The minimum Gasteiger partial charge on any atom is -0.480 e. The van der Waals surface area contributed by atoms with Crippen molar-refractivity contribution >= 4 is 11.9 Å². The molecule has 0 aliphatic heterocycles. The molecule has 2 N–H and O–H groups in total. The van der Waals surface area contributed by atoms with Gasteiger partial charge in [0.05, 0.1) is 0 Å². The summed E-state index contributed by atoms with van der Waals surface area (Å²) in [4.78, 5) is 22.8. The number of carboxylic acid groups (broad SMARTS) is 1. The maximum absolute atomic E-state index is 11.8. The van der Waals surface area contributed by atoms with Crippen molar-refractivity contribution in [1.82, 2.24) is 5.32 Å². The summed E-state index contributed by atoms with van der Waals surface area (Å²) >= 11 is 0. The van der Waals surface area contributed by atoms with Gasteiger partial charge in [-0.05, 0) is 43.4 Å². The lowest BCUT2D eigenvalue weighted by Gasteiger charge is -2.19. The first kappa shape index (κ1) is 12.4. The Morgan fingerprint density at radius 1 is 1.24 bits per heavy atom. The van der Waals surface area contributed by atoms with Crippen molar-refractivity contribution in [2.75, 3.05) is 6.54 Å². The Balaban J connectivity index is 1.83. The van der Waals surface area contributed by atoms with E-state index in [4.69, 9.17) is 5.11 Å². The van der Waals surface area contributed by atoms with Gasteiger partial charge in [-0.25, -0.2) is 0 Å². The summed E-state index contributed by atoms with van der Waals surface area (Å²) in [6.07, 6.45) is 4.42. The molecule has 0 atom stereocenters. The number of aliphatic carboxylic acids is 1. The van der Waals surface area contributed by atoms with Crippen LogP contribution in [0, 0.1) is 16.7 Å². The second-order valence-corrected chi connectivity index (χ2v) is 6.17. The summed E-state index contributed by atoms with van der Waals surface area (Å²) in [6.45, 7) is 5.02. The fourth-order valence-electron chi connectivity index (χ4n) is 2.60. The van der Waals surface area contributed by atoms with Crippen LogP contribution in [-0.4, -0.2) is 23.5 Å². The molecule has 0 aromatic rings. The smallest absolute Gasteiger partial charge is 0.319 e. The number of hydrogen-bond donors (Lipinski definition) is 2. The van der Waals surface area contributed by atoms with Gasteiger partial charge in [0.25, 0.3) is 0 Å². The van der Waals surface area contributed by atoms with E-state index in [1.807, 2.05) is 0 Å². The summed E-state index contributed by atoms with van der Waals surface area (Å²) in [7, 11) is 0. The highest BCUT2D eigenvalue weighted by Gasteiger charge is 2.57. The molecule has 2 aliphatic rings. The zero-order valence-corrected chi connectivity index (χ0v) is 10.6. The zero-order chi connectivity index (χ0) is 12.7. The van der Waals surface area contributed by atoms with Crippen molar-refractivity contribution in [1.29, 1.82) is 0 Å². The maximum atomic E-state index is 11.8. The Kier molecular flexibility index (Phi) is 2.92. The van der Waals surface area contributed by atoms with E-state index in [1.165, 1.54) is 0 Å². The molecule has 0 saturated heterocycles. The highest BCUT2D eigenvalue weighted by Crippen LogP contribution is 2.51. The Labute approximate surface area is 102 Å². The molecule has 1 amide bonds. The third-order valence-electron chi connectivity index (χ3n) is 4.02. The van der Waals surface area contributed by atoms with Gasteiger partial charge < -0.3 is 10.4 Å². The SMILES string of the molecule is CC(C)CC1(CNC(=O)C2(C(=O)O)CC2)CC1. The number of nitrogens with one attached hydrogen (secondary N) is 1. The van der Waals surface area contributed by atoms with Gasteiger partial charge in [0.15, 0.2) is 0 Å². The lowest BCUT2D eigenvalue weighted by atomic mass is 9.94. The number of carboxylic acids is 1. The molecule has 2 aliphatic carbocycles. The van der Waals surface area contributed by atoms with Crippen LogP contribution in [0.4, 0.5) is 0 Å². The molecule has 0 aromatic heterocycles. The molecule has 4 nitrogen and oxygen atoms in total. The minimum absolute atomic E-state index is 0.262. The quantitative estimate of drug-likeness (QED) is 0.694. The van der Waals surface area contributed by atoms with Crippen molar-refractivity contribution < 1.29 is 14.7 Å². The molecule has 0 heterocycles. The number of amides is 1. The van der Waals surface area contributed by atoms with Crippen LogP contribution in [0.5, 0.6) is 0 Å². The number of carbonyl (C=O) groups is 2. The Bertz CT molecular complexity index is 341. The molecular formula is C13H21NO3. The molecule has 96 valence electrons.